The van der Waals surface area contributed by atoms with Gasteiger partial charge in [-0.05, 0) is 31.0 Å². The van der Waals surface area contributed by atoms with Gasteiger partial charge < -0.3 is 10.0 Å². The summed E-state index contributed by atoms with van der Waals surface area (Å²) in [6.45, 7) is -0.0546. The highest BCUT2D eigenvalue weighted by atomic mass is 79.9. The Morgan fingerprint density at radius 1 is 1.59 bits per heavy atom. The van der Waals surface area contributed by atoms with Crippen molar-refractivity contribution in [1.82, 2.24) is 0 Å². The van der Waals surface area contributed by atoms with E-state index in [-0.39, 0.29) is 12.6 Å². The molecule has 4 nitrogen and oxygen atoms in total. The Bertz CT molecular complexity index is 492. The van der Waals surface area contributed by atoms with E-state index in [1.807, 2.05) is 6.07 Å². The van der Waals surface area contributed by atoms with E-state index in [2.05, 4.69) is 22.0 Å². The molecule has 1 fully saturated rings. The quantitative estimate of drug-likeness (QED) is 0.926. The highest BCUT2D eigenvalue weighted by Gasteiger charge is 2.31. The van der Waals surface area contributed by atoms with Crippen LogP contribution < -0.4 is 4.90 Å². The Morgan fingerprint density at radius 2 is 2.29 bits per heavy atom. The molecule has 1 aromatic carbocycles. The normalized spacial score (nSPS) is 14.1. The molecule has 0 unspecified atom stereocenters. The van der Waals surface area contributed by atoms with Crippen molar-refractivity contribution in [3.63, 3.8) is 0 Å². The SMILES string of the molecule is N#Cc1cc(Br)ccc1N(CC(=O)O)C1CC1. The lowest BCUT2D eigenvalue weighted by Crippen LogP contribution is -2.32. The first-order valence-corrected chi connectivity index (χ1v) is 6.09. The summed E-state index contributed by atoms with van der Waals surface area (Å²) >= 11 is 3.30. The van der Waals surface area contributed by atoms with Crippen molar-refractivity contribution in [1.29, 1.82) is 5.26 Å². The molecule has 0 spiro atoms. The van der Waals surface area contributed by atoms with Crippen molar-refractivity contribution < 1.29 is 9.90 Å². The van der Waals surface area contributed by atoms with E-state index < -0.39 is 5.97 Å². The summed E-state index contributed by atoms with van der Waals surface area (Å²) in [5.74, 6) is -0.872. The largest absolute Gasteiger partial charge is 0.480 e. The predicted molar refractivity (Wildman–Crippen MR) is 66.9 cm³/mol. The number of aliphatic carboxylic acids is 1. The van der Waals surface area contributed by atoms with Crippen LogP contribution >= 0.6 is 15.9 Å². The van der Waals surface area contributed by atoms with Gasteiger partial charge in [0.2, 0.25) is 0 Å². The Labute approximate surface area is 108 Å². The van der Waals surface area contributed by atoms with Gasteiger partial charge in [0.1, 0.15) is 12.6 Å². The standard InChI is InChI=1S/C12H11BrN2O2/c13-9-1-4-11(8(5-9)6-14)15(7-12(16)17)10-2-3-10/h1,4-5,10H,2-3,7H2,(H,16,17). The van der Waals surface area contributed by atoms with Crippen LogP contribution in [0.4, 0.5) is 5.69 Å². The van der Waals surface area contributed by atoms with Crippen LogP contribution in [0.3, 0.4) is 0 Å². The Hall–Kier alpha value is -1.54. The predicted octanol–water partition coefficient (Wildman–Crippen LogP) is 2.37. The van der Waals surface area contributed by atoms with Crippen molar-refractivity contribution in [2.45, 2.75) is 18.9 Å². The number of carboxylic acids is 1. The van der Waals surface area contributed by atoms with Gasteiger partial charge in [0.25, 0.3) is 0 Å². The van der Waals surface area contributed by atoms with Crippen LogP contribution in [-0.2, 0) is 4.79 Å². The minimum Gasteiger partial charge on any atom is -0.480 e. The van der Waals surface area contributed by atoms with Gasteiger partial charge in [0, 0.05) is 10.5 Å². The first-order chi connectivity index (χ1) is 8.11. The number of hydrogen-bond donors (Lipinski definition) is 1. The zero-order valence-electron chi connectivity index (χ0n) is 9.06. The van der Waals surface area contributed by atoms with E-state index >= 15 is 0 Å². The van der Waals surface area contributed by atoms with Crippen LogP contribution in [0, 0.1) is 11.3 Å². The van der Waals surface area contributed by atoms with Crippen molar-refractivity contribution in [3.05, 3.63) is 28.2 Å². The summed E-state index contributed by atoms with van der Waals surface area (Å²) in [5, 5.41) is 18.0. The van der Waals surface area contributed by atoms with Crippen molar-refractivity contribution in [2.75, 3.05) is 11.4 Å². The number of carbonyl (C=O) groups is 1. The average molecular weight is 295 g/mol. The van der Waals surface area contributed by atoms with E-state index in [1.165, 1.54) is 0 Å². The van der Waals surface area contributed by atoms with Crippen LogP contribution in [0.15, 0.2) is 22.7 Å². The molecule has 0 saturated heterocycles. The van der Waals surface area contributed by atoms with E-state index in [9.17, 15) is 4.79 Å². The topological polar surface area (TPSA) is 64.3 Å². The van der Waals surface area contributed by atoms with Crippen molar-refractivity contribution in [2.24, 2.45) is 0 Å². The third kappa shape index (κ3) is 2.77. The number of hydrogen-bond acceptors (Lipinski definition) is 3. The summed E-state index contributed by atoms with van der Waals surface area (Å²) < 4.78 is 0.823. The molecule has 1 aromatic rings. The van der Waals surface area contributed by atoms with E-state index in [1.54, 1.807) is 17.0 Å². The zero-order valence-corrected chi connectivity index (χ0v) is 10.6. The molecule has 0 heterocycles. The van der Waals surface area contributed by atoms with Crippen LogP contribution in [0.25, 0.3) is 0 Å². The summed E-state index contributed by atoms with van der Waals surface area (Å²) in [6.07, 6.45) is 1.99. The van der Waals surface area contributed by atoms with Gasteiger partial charge in [-0.15, -0.1) is 0 Å². The lowest BCUT2D eigenvalue weighted by Gasteiger charge is -2.23. The molecule has 0 radical (unpaired) electrons. The summed E-state index contributed by atoms with van der Waals surface area (Å²) in [4.78, 5) is 12.6. The maximum atomic E-state index is 10.8. The number of rotatable bonds is 4. The smallest absolute Gasteiger partial charge is 0.323 e. The number of nitriles is 1. The van der Waals surface area contributed by atoms with Crippen LogP contribution in [0.2, 0.25) is 0 Å². The maximum absolute atomic E-state index is 10.8. The zero-order chi connectivity index (χ0) is 12.4. The molecule has 0 aromatic heterocycles. The number of benzene rings is 1. The van der Waals surface area contributed by atoms with Gasteiger partial charge in [-0.3, -0.25) is 4.79 Å². The monoisotopic (exact) mass is 294 g/mol. The highest BCUT2D eigenvalue weighted by molar-refractivity contribution is 9.10. The molecule has 1 saturated carbocycles. The molecule has 0 amide bonds. The molecule has 1 N–H and O–H groups in total. The van der Waals surface area contributed by atoms with Crippen LogP contribution in [-0.4, -0.2) is 23.7 Å². The fourth-order valence-corrected chi connectivity index (χ4v) is 2.15. The fraction of sp³-hybridized carbons (Fsp3) is 0.333. The molecule has 0 atom stereocenters. The molecule has 1 aliphatic carbocycles. The number of nitrogens with zero attached hydrogens (tertiary/aromatic N) is 2. The first kappa shape index (κ1) is 11.9. The minimum atomic E-state index is -0.872. The summed E-state index contributed by atoms with van der Waals surface area (Å²) in [6, 6.07) is 7.71. The average Bonchev–Trinajstić information content (AvgIpc) is 3.09. The van der Waals surface area contributed by atoms with Crippen LogP contribution in [0.5, 0.6) is 0 Å². The molecular weight excluding hydrogens is 284 g/mol. The second kappa shape index (κ2) is 4.76. The van der Waals surface area contributed by atoms with Gasteiger partial charge in [-0.1, -0.05) is 15.9 Å². The molecule has 17 heavy (non-hydrogen) atoms. The molecule has 5 heteroatoms. The first-order valence-electron chi connectivity index (χ1n) is 5.30. The van der Waals surface area contributed by atoms with E-state index in [4.69, 9.17) is 10.4 Å². The second-order valence-corrected chi connectivity index (χ2v) is 4.94. The molecule has 88 valence electrons. The maximum Gasteiger partial charge on any atom is 0.323 e. The van der Waals surface area contributed by atoms with E-state index in [0.717, 1.165) is 17.3 Å². The van der Waals surface area contributed by atoms with Gasteiger partial charge in [-0.2, -0.15) is 5.26 Å². The molecule has 2 rings (SSSR count). The second-order valence-electron chi connectivity index (χ2n) is 4.03. The minimum absolute atomic E-state index is 0.0546. The Kier molecular flexibility index (Phi) is 3.34. The number of halogens is 1. The van der Waals surface area contributed by atoms with Gasteiger partial charge in [0.15, 0.2) is 0 Å². The third-order valence-corrected chi connectivity index (χ3v) is 3.17. The Morgan fingerprint density at radius 3 is 2.82 bits per heavy atom. The van der Waals surface area contributed by atoms with Crippen LogP contribution in [0.1, 0.15) is 18.4 Å². The van der Waals surface area contributed by atoms with Gasteiger partial charge >= 0.3 is 5.97 Å². The van der Waals surface area contributed by atoms with Gasteiger partial charge in [-0.25, -0.2) is 0 Å². The lowest BCUT2D eigenvalue weighted by atomic mass is 10.1. The van der Waals surface area contributed by atoms with Gasteiger partial charge in [0.05, 0.1) is 11.3 Å². The molecule has 0 bridgehead atoms. The summed E-state index contributed by atoms with van der Waals surface area (Å²) in [7, 11) is 0. The lowest BCUT2D eigenvalue weighted by molar-refractivity contribution is -0.135. The highest BCUT2D eigenvalue weighted by Crippen LogP contribution is 2.34. The number of anilines is 1. The van der Waals surface area contributed by atoms with Crippen molar-refractivity contribution >= 4 is 27.6 Å². The van der Waals surface area contributed by atoms with Crippen molar-refractivity contribution in [3.8, 4) is 6.07 Å². The third-order valence-electron chi connectivity index (χ3n) is 2.68. The molecular formula is C12H11BrN2O2. The van der Waals surface area contributed by atoms with E-state index in [0.29, 0.717) is 11.3 Å². The number of carboxylic acid groups (broad SMARTS) is 1. The molecule has 1 aliphatic rings. The molecule has 0 aliphatic heterocycles. The summed E-state index contributed by atoms with van der Waals surface area (Å²) in [5.41, 5.74) is 1.22. The Balaban J connectivity index is 2.35. The fourth-order valence-electron chi connectivity index (χ4n) is 1.79.